The number of phenolic OH excluding ortho intramolecular Hbond substituents is 1. The van der Waals surface area contributed by atoms with E-state index >= 15 is 0 Å². The fourth-order valence-electron chi connectivity index (χ4n) is 1.95. The highest BCUT2D eigenvalue weighted by Crippen LogP contribution is 2.13. The predicted molar refractivity (Wildman–Crippen MR) is 76.5 cm³/mol. The van der Waals surface area contributed by atoms with Crippen molar-refractivity contribution < 1.29 is 5.11 Å². The van der Waals surface area contributed by atoms with Crippen LogP contribution in [0.5, 0.6) is 5.75 Å². The van der Waals surface area contributed by atoms with Crippen molar-refractivity contribution in [2.45, 2.75) is 65.7 Å². The molecule has 0 amide bonds. The van der Waals surface area contributed by atoms with Gasteiger partial charge in [0.25, 0.3) is 0 Å². The number of phenols is 1. The molecule has 0 aromatic heterocycles. The second kappa shape index (κ2) is 10.2. The topological polar surface area (TPSA) is 20.2 Å². The summed E-state index contributed by atoms with van der Waals surface area (Å²) in [7, 11) is 0. The van der Waals surface area contributed by atoms with Crippen LogP contribution in [-0.2, 0) is 6.42 Å². The van der Waals surface area contributed by atoms with Gasteiger partial charge in [0, 0.05) is 0 Å². The lowest BCUT2D eigenvalue weighted by atomic mass is 10.0. The molecule has 1 heteroatoms. The normalized spacial score (nSPS) is 9.94. The van der Waals surface area contributed by atoms with Crippen LogP contribution in [0.25, 0.3) is 0 Å². The molecule has 17 heavy (non-hydrogen) atoms. The third-order valence-electron chi connectivity index (χ3n) is 3.01. The number of hydrogen-bond acceptors (Lipinski definition) is 1. The molecule has 1 aromatic rings. The number of benzene rings is 1. The van der Waals surface area contributed by atoms with Gasteiger partial charge in [-0.2, -0.15) is 0 Å². The summed E-state index contributed by atoms with van der Waals surface area (Å²) in [6.45, 7) is 2.25. The van der Waals surface area contributed by atoms with Gasteiger partial charge in [0.05, 0.1) is 0 Å². The lowest BCUT2D eigenvalue weighted by Crippen LogP contribution is -1.85. The highest BCUT2D eigenvalue weighted by molar-refractivity contribution is 5.25. The van der Waals surface area contributed by atoms with Gasteiger partial charge in [-0.05, 0) is 30.5 Å². The van der Waals surface area contributed by atoms with E-state index in [1.807, 2.05) is 12.1 Å². The fraction of sp³-hybridized carbons (Fsp3) is 0.625. The molecule has 0 bridgehead atoms. The van der Waals surface area contributed by atoms with Crippen molar-refractivity contribution in [3.8, 4) is 5.75 Å². The summed E-state index contributed by atoms with van der Waals surface area (Å²) >= 11 is 0. The fourth-order valence-corrected chi connectivity index (χ4v) is 1.95. The number of hydrogen-bond donors (Lipinski definition) is 1. The molecule has 0 aliphatic heterocycles. The van der Waals surface area contributed by atoms with Crippen LogP contribution in [0.15, 0.2) is 24.3 Å². The molecule has 0 unspecified atom stereocenters. The Morgan fingerprint density at radius 3 is 1.94 bits per heavy atom. The van der Waals surface area contributed by atoms with Crippen molar-refractivity contribution in [1.29, 1.82) is 0 Å². The van der Waals surface area contributed by atoms with Gasteiger partial charge in [-0.3, -0.25) is 0 Å². The molecule has 0 saturated carbocycles. The van der Waals surface area contributed by atoms with Gasteiger partial charge in [0.1, 0.15) is 5.75 Å². The molecular weight excluding hydrogens is 208 g/mol. The van der Waals surface area contributed by atoms with E-state index in [1.54, 1.807) is 12.1 Å². The van der Waals surface area contributed by atoms with E-state index < -0.39 is 0 Å². The van der Waals surface area contributed by atoms with E-state index in [9.17, 15) is 0 Å². The third kappa shape index (κ3) is 7.84. The number of rotatable bonds is 8. The monoisotopic (exact) mass is 236 g/mol. The molecule has 0 saturated heterocycles. The third-order valence-corrected chi connectivity index (χ3v) is 3.01. The molecule has 1 aromatic carbocycles. The summed E-state index contributed by atoms with van der Waals surface area (Å²) in [4.78, 5) is 0. The second-order valence-electron chi connectivity index (χ2n) is 4.54. The maximum absolute atomic E-state index is 9.15. The molecule has 0 atom stereocenters. The smallest absolute Gasteiger partial charge is 0.115 e. The van der Waals surface area contributed by atoms with E-state index in [0.717, 1.165) is 6.42 Å². The zero-order chi connectivity index (χ0) is 11.6. The van der Waals surface area contributed by atoms with E-state index in [1.165, 1.54) is 50.5 Å². The van der Waals surface area contributed by atoms with Crippen LogP contribution in [0.3, 0.4) is 0 Å². The van der Waals surface area contributed by atoms with E-state index in [2.05, 4.69) is 6.92 Å². The van der Waals surface area contributed by atoms with Crippen molar-refractivity contribution in [2.75, 3.05) is 0 Å². The first kappa shape index (κ1) is 16.0. The van der Waals surface area contributed by atoms with E-state index in [0.29, 0.717) is 5.75 Å². The van der Waals surface area contributed by atoms with Gasteiger partial charge in [-0.15, -0.1) is 0 Å². The maximum atomic E-state index is 9.15. The quantitative estimate of drug-likeness (QED) is 0.605. The summed E-state index contributed by atoms with van der Waals surface area (Å²) in [5.74, 6) is 0.364. The molecular formula is C16H28O. The van der Waals surface area contributed by atoms with Crippen LogP contribution in [0, 0.1) is 0 Å². The van der Waals surface area contributed by atoms with Gasteiger partial charge in [0.15, 0.2) is 0 Å². The van der Waals surface area contributed by atoms with Crippen LogP contribution >= 0.6 is 0 Å². The lowest BCUT2D eigenvalue weighted by Gasteiger charge is -2.02. The van der Waals surface area contributed by atoms with Crippen LogP contribution in [0.1, 0.15) is 64.9 Å². The Balaban J connectivity index is 0.00000256. The van der Waals surface area contributed by atoms with E-state index in [-0.39, 0.29) is 7.43 Å². The summed E-state index contributed by atoms with van der Waals surface area (Å²) in [5.41, 5.74) is 1.34. The first-order chi connectivity index (χ1) is 7.83. The summed E-state index contributed by atoms with van der Waals surface area (Å²) in [6, 6.07) is 7.59. The Hall–Kier alpha value is -0.980. The summed E-state index contributed by atoms with van der Waals surface area (Å²) < 4.78 is 0. The summed E-state index contributed by atoms with van der Waals surface area (Å²) in [6.07, 6.45) is 10.6. The highest BCUT2D eigenvalue weighted by atomic mass is 16.3. The first-order valence-corrected chi connectivity index (χ1v) is 6.61. The minimum Gasteiger partial charge on any atom is -0.508 e. The van der Waals surface area contributed by atoms with Crippen molar-refractivity contribution in [2.24, 2.45) is 0 Å². The molecule has 1 rings (SSSR count). The molecule has 0 spiro atoms. The SMILES string of the molecule is C.CCCCCCCCCc1ccc(O)cc1. The second-order valence-corrected chi connectivity index (χ2v) is 4.54. The van der Waals surface area contributed by atoms with Crippen molar-refractivity contribution in [3.05, 3.63) is 29.8 Å². The van der Waals surface area contributed by atoms with Crippen LogP contribution in [0.4, 0.5) is 0 Å². The molecule has 0 aliphatic rings. The minimum atomic E-state index is 0. The highest BCUT2D eigenvalue weighted by Gasteiger charge is 1.94. The van der Waals surface area contributed by atoms with Crippen molar-refractivity contribution in [3.63, 3.8) is 0 Å². The molecule has 98 valence electrons. The molecule has 0 aliphatic carbocycles. The Morgan fingerprint density at radius 2 is 1.35 bits per heavy atom. The van der Waals surface area contributed by atoms with Crippen LogP contribution < -0.4 is 0 Å². The minimum absolute atomic E-state index is 0. The lowest BCUT2D eigenvalue weighted by molar-refractivity contribution is 0.475. The Labute approximate surface area is 107 Å². The molecule has 0 radical (unpaired) electrons. The summed E-state index contributed by atoms with van der Waals surface area (Å²) in [5, 5.41) is 9.15. The molecule has 0 heterocycles. The Bertz CT molecular complexity index is 263. The number of unbranched alkanes of at least 4 members (excludes halogenated alkanes) is 6. The zero-order valence-electron chi connectivity index (χ0n) is 10.4. The zero-order valence-corrected chi connectivity index (χ0v) is 10.4. The molecule has 0 fully saturated rings. The van der Waals surface area contributed by atoms with Gasteiger partial charge in [0.2, 0.25) is 0 Å². The van der Waals surface area contributed by atoms with Gasteiger partial charge in [-0.25, -0.2) is 0 Å². The van der Waals surface area contributed by atoms with Crippen molar-refractivity contribution in [1.82, 2.24) is 0 Å². The van der Waals surface area contributed by atoms with Crippen molar-refractivity contribution >= 4 is 0 Å². The van der Waals surface area contributed by atoms with Gasteiger partial charge in [-0.1, -0.05) is 65.0 Å². The standard InChI is InChI=1S/C15H24O.CH4/c1-2-3-4-5-6-7-8-9-14-10-12-15(16)13-11-14;/h10-13,16H,2-9H2,1H3;1H4. The van der Waals surface area contributed by atoms with E-state index in [4.69, 9.17) is 5.11 Å². The number of aryl methyl sites for hydroxylation is 1. The Kier molecular flexibility index (Phi) is 9.60. The molecule has 1 N–H and O–H groups in total. The van der Waals surface area contributed by atoms with Crippen LogP contribution in [-0.4, -0.2) is 5.11 Å². The average molecular weight is 236 g/mol. The average Bonchev–Trinajstić information content (AvgIpc) is 2.30. The van der Waals surface area contributed by atoms with Gasteiger partial charge >= 0.3 is 0 Å². The molecule has 1 nitrogen and oxygen atoms in total. The first-order valence-electron chi connectivity index (χ1n) is 6.61. The largest absolute Gasteiger partial charge is 0.508 e. The Morgan fingerprint density at radius 1 is 0.824 bits per heavy atom. The van der Waals surface area contributed by atoms with Gasteiger partial charge < -0.3 is 5.11 Å². The maximum Gasteiger partial charge on any atom is 0.115 e. The van der Waals surface area contributed by atoms with Crippen LogP contribution in [0.2, 0.25) is 0 Å². The number of aromatic hydroxyl groups is 1. The predicted octanol–water partition coefficient (Wildman–Crippen LogP) is 5.32.